The zero-order valence-electron chi connectivity index (χ0n) is 18.4. The first-order chi connectivity index (χ1) is 14.7. The summed E-state index contributed by atoms with van der Waals surface area (Å²) in [4.78, 5) is 11.6. The molecule has 0 aromatic rings. The summed E-state index contributed by atoms with van der Waals surface area (Å²) in [5, 5.41) is 0. The van der Waals surface area contributed by atoms with Crippen molar-refractivity contribution in [3.63, 3.8) is 0 Å². The molecule has 0 saturated heterocycles. The molecule has 0 aliphatic rings. The average Bonchev–Trinajstić information content (AvgIpc) is 2.62. The zero-order valence-corrected chi connectivity index (χ0v) is 19.2. The number of hydrogen-bond acceptors (Lipinski definition) is 4. The highest BCUT2D eigenvalue weighted by atomic mass is 32.2. The molecule has 0 unspecified atom stereocenters. The van der Waals surface area contributed by atoms with E-state index in [4.69, 9.17) is 4.55 Å². The van der Waals surface area contributed by atoms with Crippen LogP contribution >= 0.6 is 0 Å². The van der Waals surface area contributed by atoms with Gasteiger partial charge < -0.3 is 4.74 Å². The minimum atomic E-state index is -6.29. The van der Waals surface area contributed by atoms with E-state index < -0.39 is 46.2 Å². The summed E-state index contributed by atoms with van der Waals surface area (Å²) in [6.07, 6.45) is -0.944. The van der Waals surface area contributed by atoms with Crippen molar-refractivity contribution in [3.8, 4) is 0 Å². The van der Waals surface area contributed by atoms with Crippen molar-refractivity contribution >= 4 is 16.1 Å². The van der Waals surface area contributed by atoms with Crippen LogP contribution in [-0.2, 0) is 19.6 Å². The summed E-state index contributed by atoms with van der Waals surface area (Å²) >= 11 is 0. The lowest BCUT2D eigenvalue weighted by Gasteiger charge is -2.35. The second-order valence-corrected chi connectivity index (χ2v) is 9.47. The lowest BCUT2D eigenvalue weighted by molar-refractivity contribution is -0.361. The number of unbranched alkanes of at least 4 members (excludes halogenated alkanes) is 12. The Bertz CT molecular complexity index is 617. The predicted octanol–water partition coefficient (Wildman–Crippen LogP) is 6.76. The van der Waals surface area contributed by atoms with Crippen LogP contribution in [0.5, 0.6) is 0 Å². The third-order valence-corrected chi connectivity index (χ3v) is 5.85. The standard InChI is InChI=1S/C20H34F6O5S/c1-2-3-4-5-6-7-8-9-10-11-12-13-14-15-17(27)31-18(19(21,22)23,20(24,25)26)16-32(28,29)30/h2-16H2,1H3,(H,28,29,30). The summed E-state index contributed by atoms with van der Waals surface area (Å²) < 4.78 is 112. The van der Waals surface area contributed by atoms with Gasteiger partial charge in [0.1, 0.15) is 5.75 Å². The summed E-state index contributed by atoms with van der Waals surface area (Å²) in [6.45, 7) is 2.16. The molecule has 5 nitrogen and oxygen atoms in total. The van der Waals surface area contributed by atoms with Crippen molar-refractivity contribution in [2.45, 2.75) is 115 Å². The highest BCUT2D eigenvalue weighted by molar-refractivity contribution is 7.85. The minimum absolute atomic E-state index is 0.00787. The first kappa shape index (κ1) is 31.0. The van der Waals surface area contributed by atoms with Crippen molar-refractivity contribution in [2.75, 3.05) is 5.75 Å². The maximum atomic E-state index is 13.1. The van der Waals surface area contributed by atoms with Crippen LogP contribution in [0.2, 0.25) is 0 Å². The molecule has 0 heterocycles. The molecule has 0 fully saturated rings. The van der Waals surface area contributed by atoms with Gasteiger partial charge in [-0.1, -0.05) is 84.0 Å². The number of hydrogen-bond donors (Lipinski definition) is 1. The van der Waals surface area contributed by atoms with Crippen LogP contribution in [0.3, 0.4) is 0 Å². The number of carbonyl (C=O) groups is 1. The molecule has 0 bridgehead atoms. The fraction of sp³-hybridized carbons (Fsp3) is 0.950. The Labute approximate surface area is 186 Å². The molecule has 0 saturated carbocycles. The molecule has 12 heteroatoms. The van der Waals surface area contributed by atoms with Gasteiger partial charge >= 0.3 is 23.9 Å². The molecule has 0 atom stereocenters. The average molecular weight is 501 g/mol. The molecular formula is C20H34F6O5S. The van der Waals surface area contributed by atoms with E-state index in [1.165, 1.54) is 38.5 Å². The molecule has 0 rings (SSSR count). The highest BCUT2D eigenvalue weighted by Crippen LogP contribution is 2.47. The van der Waals surface area contributed by atoms with Crippen molar-refractivity contribution < 1.29 is 48.8 Å². The molecule has 0 spiro atoms. The largest absolute Gasteiger partial charge is 0.438 e. The van der Waals surface area contributed by atoms with Gasteiger partial charge in [0.25, 0.3) is 10.1 Å². The lowest BCUT2D eigenvalue weighted by atomic mass is 10.0. The molecule has 0 aliphatic carbocycles. The lowest BCUT2D eigenvalue weighted by Crippen LogP contribution is -2.63. The Balaban J connectivity index is 4.34. The number of ether oxygens (including phenoxy) is 1. The number of alkyl halides is 6. The Morgan fingerprint density at radius 3 is 1.38 bits per heavy atom. The van der Waals surface area contributed by atoms with Crippen LogP contribution in [0.4, 0.5) is 26.3 Å². The molecule has 32 heavy (non-hydrogen) atoms. The fourth-order valence-electron chi connectivity index (χ4n) is 3.26. The van der Waals surface area contributed by atoms with Crippen molar-refractivity contribution in [2.24, 2.45) is 0 Å². The number of rotatable bonds is 17. The first-order valence-corrected chi connectivity index (χ1v) is 12.6. The van der Waals surface area contributed by atoms with E-state index in [-0.39, 0.29) is 6.42 Å². The highest BCUT2D eigenvalue weighted by Gasteiger charge is 2.75. The smallest absolute Gasteiger partial charge is 0.438 e. The van der Waals surface area contributed by atoms with E-state index in [1.54, 1.807) is 0 Å². The van der Waals surface area contributed by atoms with Gasteiger partial charge in [0, 0.05) is 6.42 Å². The molecule has 192 valence electrons. The number of esters is 1. The van der Waals surface area contributed by atoms with Gasteiger partial charge in [0.05, 0.1) is 0 Å². The quantitative estimate of drug-likeness (QED) is 0.103. The van der Waals surface area contributed by atoms with Crippen molar-refractivity contribution in [1.82, 2.24) is 0 Å². The van der Waals surface area contributed by atoms with Crippen molar-refractivity contribution in [1.29, 1.82) is 0 Å². The normalized spacial score (nSPS) is 13.4. The topological polar surface area (TPSA) is 80.7 Å². The Morgan fingerprint density at radius 2 is 1.06 bits per heavy atom. The van der Waals surface area contributed by atoms with E-state index in [9.17, 15) is 39.6 Å². The van der Waals surface area contributed by atoms with Gasteiger partial charge in [-0.25, -0.2) is 0 Å². The summed E-state index contributed by atoms with van der Waals surface area (Å²) in [5.74, 6) is -4.68. The second kappa shape index (κ2) is 14.3. The maximum absolute atomic E-state index is 13.1. The summed E-state index contributed by atoms with van der Waals surface area (Å²) in [5.41, 5.74) is -5.32. The van der Waals surface area contributed by atoms with Crippen molar-refractivity contribution in [3.05, 3.63) is 0 Å². The first-order valence-electron chi connectivity index (χ1n) is 11.0. The van der Waals surface area contributed by atoms with Gasteiger partial charge in [0.15, 0.2) is 0 Å². The monoisotopic (exact) mass is 500 g/mol. The van der Waals surface area contributed by atoms with E-state index in [0.29, 0.717) is 12.8 Å². The summed E-state index contributed by atoms with van der Waals surface area (Å²) in [6, 6.07) is 0. The van der Waals surface area contributed by atoms with Gasteiger partial charge in [-0.2, -0.15) is 34.8 Å². The van der Waals surface area contributed by atoms with Crippen LogP contribution in [-0.4, -0.2) is 42.6 Å². The number of carbonyl (C=O) groups excluding carboxylic acids is 1. The van der Waals surface area contributed by atoms with Crippen LogP contribution in [0.1, 0.15) is 96.8 Å². The minimum Gasteiger partial charge on any atom is -0.438 e. The molecule has 0 aromatic heterocycles. The van der Waals surface area contributed by atoms with E-state index >= 15 is 0 Å². The second-order valence-electron chi connectivity index (χ2n) is 8.02. The van der Waals surface area contributed by atoms with Crippen LogP contribution in [0.25, 0.3) is 0 Å². The third-order valence-electron chi connectivity index (χ3n) is 5.07. The van der Waals surface area contributed by atoms with Gasteiger partial charge in [-0.3, -0.25) is 9.35 Å². The van der Waals surface area contributed by atoms with Gasteiger partial charge in [-0.05, 0) is 6.42 Å². The Hall–Kier alpha value is -1.04. The van der Waals surface area contributed by atoms with Gasteiger partial charge in [-0.15, -0.1) is 0 Å². The predicted molar refractivity (Wildman–Crippen MR) is 108 cm³/mol. The molecule has 1 N–H and O–H groups in total. The Morgan fingerprint density at radius 1 is 0.719 bits per heavy atom. The molecular weight excluding hydrogens is 466 g/mol. The van der Waals surface area contributed by atoms with Crippen LogP contribution < -0.4 is 0 Å². The molecule has 0 aliphatic heterocycles. The van der Waals surface area contributed by atoms with E-state index in [1.807, 2.05) is 0 Å². The summed E-state index contributed by atoms with van der Waals surface area (Å²) in [7, 11) is -5.76. The SMILES string of the molecule is CCCCCCCCCCCCCCCC(=O)OC(CS(=O)(=O)O)(C(F)(F)F)C(F)(F)F. The van der Waals surface area contributed by atoms with E-state index in [2.05, 4.69) is 11.7 Å². The maximum Gasteiger partial charge on any atom is 0.438 e. The Kier molecular flexibility index (Phi) is 13.8. The van der Waals surface area contributed by atoms with Crippen LogP contribution in [0.15, 0.2) is 0 Å². The van der Waals surface area contributed by atoms with Gasteiger partial charge in [0.2, 0.25) is 0 Å². The molecule has 0 radical (unpaired) electrons. The third kappa shape index (κ3) is 12.3. The molecule has 0 aromatic carbocycles. The molecule has 0 amide bonds. The van der Waals surface area contributed by atoms with E-state index in [0.717, 1.165) is 25.7 Å². The van der Waals surface area contributed by atoms with Crippen LogP contribution in [0, 0.1) is 0 Å². The fourth-order valence-corrected chi connectivity index (χ4v) is 4.16. The zero-order chi connectivity index (χ0) is 24.9. The number of halogens is 6.